The quantitative estimate of drug-likeness (QED) is 0.730. The molecule has 0 radical (unpaired) electrons. The Bertz CT molecular complexity index is 622. The average molecular weight is 302 g/mol. The SMILES string of the molecule is CCCCC1(F)C=CC(C#Cc2ccccc2)=C(OC)C1F. The molecule has 2 atom stereocenters. The molecule has 0 N–H and O–H groups in total. The van der Waals surface area contributed by atoms with Gasteiger partial charge in [0, 0.05) is 5.56 Å². The van der Waals surface area contributed by atoms with Gasteiger partial charge in [-0.25, -0.2) is 8.78 Å². The van der Waals surface area contributed by atoms with Gasteiger partial charge in [0.2, 0.25) is 0 Å². The van der Waals surface area contributed by atoms with Crippen LogP contribution in [0.5, 0.6) is 0 Å². The van der Waals surface area contributed by atoms with Crippen molar-refractivity contribution in [2.75, 3.05) is 7.11 Å². The van der Waals surface area contributed by atoms with Crippen molar-refractivity contribution in [1.29, 1.82) is 0 Å². The molecule has 0 saturated heterocycles. The van der Waals surface area contributed by atoms with Crippen LogP contribution in [0.15, 0.2) is 53.8 Å². The monoisotopic (exact) mass is 302 g/mol. The highest BCUT2D eigenvalue weighted by Crippen LogP contribution is 2.37. The molecule has 0 saturated carbocycles. The van der Waals surface area contributed by atoms with Crippen LogP contribution in [0.3, 0.4) is 0 Å². The van der Waals surface area contributed by atoms with Crippen LogP contribution >= 0.6 is 0 Å². The highest BCUT2D eigenvalue weighted by molar-refractivity contribution is 5.50. The predicted octanol–water partition coefficient (Wildman–Crippen LogP) is 4.75. The number of alkyl halides is 2. The number of benzene rings is 1. The van der Waals surface area contributed by atoms with Gasteiger partial charge >= 0.3 is 0 Å². The van der Waals surface area contributed by atoms with E-state index in [9.17, 15) is 8.78 Å². The zero-order valence-corrected chi connectivity index (χ0v) is 12.9. The lowest BCUT2D eigenvalue weighted by atomic mass is 9.86. The first-order valence-corrected chi connectivity index (χ1v) is 7.48. The van der Waals surface area contributed by atoms with Crippen LogP contribution in [0.4, 0.5) is 8.78 Å². The minimum absolute atomic E-state index is 0.0236. The van der Waals surface area contributed by atoms with Gasteiger partial charge in [0.25, 0.3) is 0 Å². The zero-order chi connectivity index (χ0) is 16.0. The summed E-state index contributed by atoms with van der Waals surface area (Å²) in [7, 11) is 1.35. The number of halogens is 2. The third-order valence-electron chi connectivity index (χ3n) is 3.69. The molecule has 0 fully saturated rings. The zero-order valence-electron chi connectivity index (χ0n) is 12.9. The molecular formula is C19H20F2O. The molecule has 1 aliphatic rings. The minimum atomic E-state index is -2.00. The van der Waals surface area contributed by atoms with Crippen molar-refractivity contribution in [3.05, 3.63) is 59.4 Å². The van der Waals surface area contributed by atoms with E-state index in [4.69, 9.17) is 4.74 Å². The number of allylic oxidation sites excluding steroid dienone is 4. The summed E-state index contributed by atoms with van der Waals surface area (Å²) in [6, 6.07) is 9.37. The van der Waals surface area contributed by atoms with Gasteiger partial charge in [0.05, 0.1) is 12.7 Å². The molecule has 0 aliphatic heterocycles. The summed E-state index contributed by atoms with van der Waals surface area (Å²) in [5.74, 6) is 5.79. The molecule has 116 valence electrons. The van der Waals surface area contributed by atoms with Gasteiger partial charge in [-0.3, -0.25) is 0 Å². The van der Waals surface area contributed by atoms with Crippen molar-refractivity contribution in [2.45, 2.75) is 38.0 Å². The Balaban J connectivity index is 2.27. The Morgan fingerprint density at radius 1 is 1.23 bits per heavy atom. The Morgan fingerprint density at radius 2 is 1.95 bits per heavy atom. The third kappa shape index (κ3) is 3.57. The molecule has 0 aromatic heterocycles. The molecule has 1 aromatic carbocycles. The average Bonchev–Trinajstić information content (AvgIpc) is 2.55. The maximum absolute atomic E-state index is 14.7. The van der Waals surface area contributed by atoms with Gasteiger partial charge in [-0.15, -0.1) is 0 Å². The van der Waals surface area contributed by atoms with Crippen molar-refractivity contribution in [3.63, 3.8) is 0 Å². The molecule has 0 spiro atoms. The second-order valence-corrected chi connectivity index (χ2v) is 5.32. The van der Waals surface area contributed by atoms with E-state index in [2.05, 4.69) is 11.8 Å². The van der Waals surface area contributed by atoms with E-state index < -0.39 is 11.8 Å². The topological polar surface area (TPSA) is 9.23 Å². The van der Waals surface area contributed by atoms with Crippen LogP contribution in [0, 0.1) is 11.8 Å². The van der Waals surface area contributed by atoms with Gasteiger partial charge in [-0.2, -0.15) is 0 Å². The second-order valence-electron chi connectivity index (χ2n) is 5.32. The Hall–Kier alpha value is -2.08. The van der Waals surface area contributed by atoms with Crippen LogP contribution in [-0.2, 0) is 4.74 Å². The van der Waals surface area contributed by atoms with E-state index in [0.29, 0.717) is 12.0 Å². The number of methoxy groups -OCH3 is 1. The molecule has 1 aromatic rings. The first-order valence-electron chi connectivity index (χ1n) is 7.48. The molecular weight excluding hydrogens is 282 g/mol. The van der Waals surface area contributed by atoms with Gasteiger partial charge in [-0.05, 0) is 30.7 Å². The summed E-state index contributed by atoms with van der Waals surface area (Å²) in [6.45, 7) is 1.95. The van der Waals surface area contributed by atoms with Crippen molar-refractivity contribution < 1.29 is 13.5 Å². The summed E-state index contributed by atoms with van der Waals surface area (Å²) in [6.07, 6.45) is 2.59. The lowest BCUT2D eigenvalue weighted by molar-refractivity contribution is 0.0624. The summed E-state index contributed by atoms with van der Waals surface area (Å²) < 4.78 is 34.3. The van der Waals surface area contributed by atoms with E-state index in [1.54, 1.807) is 0 Å². The molecule has 1 nitrogen and oxygen atoms in total. The number of ether oxygens (including phenoxy) is 1. The highest BCUT2D eigenvalue weighted by atomic mass is 19.2. The van der Waals surface area contributed by atoms with Crippen molar-refractivity contribution in [3.8, 4) is 11.8 Å². The fraction of sp³-hybridized carbons (Fsp3) is 0.368. The van der Waals surface area contributed by atoms with E-state index in [1.165, 1.54) is 19.3 Å². The number of hydrogen-bond donors (Lipinski definition) is 0. The van der Waals surface area contributed by atoms with Gasteiger partial charge in [0.1, 0.15) is 5.76 Å². The maximum atomic E-state index is 14.7. The Kier molecular flexibility index (Phi) is 5.38. The molecule has 2 rings (SSSR count). The fourth-order valence-corrected chi connectivity index (χ4v) is 2.38. The van der Waals surface area contributed by atoms with Crippen LogP contribution < -0.4 is 0 Å². The lowest BCUT2D eigenvalue weighted by Gasteiger charge is -2.30. The summed E-state index contributed by atoms with van der Waals surface area (Å²) in [5.41, 5.74) is -0.791. The van der Waals surface area contributed by atoms with E-state index in [0.717, 1.165) is 12.0 Å². The van der Waals surface area contributed by atoms with Gasteiger partial charge in [0.15, 0.2) is 11.8 Å². The van der Waals surface area contributed by atoms with Crippen molar-refractivity contribution in [1.82, 2.24) is 0 Å². The van der Waals surface area contributed by atoms with Gasteiger partial charge in [-0.1, -0.05) is 49.8 Å². The molecule has 2 unspecified atom stereocenters. The number of hydrogen-bond acceptors (Lipinski definition) is 1. The first-order chi connectivity index (χ1) is 10.6. The molecule has 1 aliphatic carbocycles. The fourth-order valence-electron chi connectivity index (χ4n) is 2.38. The normalized spacial score (nSPS) is 23.9. The molecule has 3 heteroatoms. The van der Waals surface area contributed by atoms with E-state index >= 15 is 0 Å². The maximum Gasteiger partial charge on any atom is 0.195 e. The Labute approximate surface area is 130 Å². The van der Waals surface area contributed by atoms with Crippen LogP contribution in [0.2, 0.25) is 0 Å². The van der Waals surface area contributed by atoms with Crippen LogP contribution in [0.1, 0.15) is 31.7 Å². The van der Waals surface area contributed by atoms with Crippen molar-refractivity contribution in [2.24, 2.45) is 0 Å². The molecule has 0 amide bonds. The minimum Gasteiger partial charge on any atom is -0.497 e. The Morgan fingerprint density at radius 3 is 2.59 bits per heavy atom. The second kappa shape index (κ2) is 7.26. The molecule has 0 heterocycles. The first kappa shape index (κ1) is 16.3. The molecule has 22 heavy (non-hydrogen) atoms. The number of unbranched alkanes of at least 4 members (excludes halogenated alkanes) is 1. The standard InChI is InChI=1S/C19H20F2O/c1-3-4-13-19(21)14-12-16(17(22-2)18(19)20)11-10-15-8-6-5-7-9-15/h5-9,12,14,18H,3-4,13H2,1-2H3. The summed E-state index contributed by atoms with van der Waals surface area (Å²) in [4.78, 5) is 0. The highest BCUT2D eigenvalue weighted by Gasteiger charge is 2.43. The summed E-state index contributed by atoms with van der Waals surface area (Å²) >= 11 is 0. The van der Waals surface area contributed by atoms with E-state index in [1.807, 2.05) is 37.3 Å². The van der Waals surface area contributed by atoms with Gasteiger partial charge < -0.3 is 4.74 Å². The smallest absolute Gasteiger partial charge is 0.195 e. The van der Waals surface area contributed by atoms with E-state index in [-0.39, 0.29) is 12.2 Å². The number of rotatable bonds is 4. The molecule has 0 bridgehead atoms. The lowest BCUT2D eigenvalue weighted by Crippen LogP contribution is -2.37. The van der Waals surface area contributed by atoms with Crippen LogP contribution in [-0.4, -0.2) is 19.0 Å². The predicted molar refractivity (Wildman–Crippen MR) is 84.8 cm³/mol. The van der Waals surface area contributed by atoms with Crippen LogP contribution in [0.25, 0.3) is 0 Å². The third-order valence-corrected chi connectivity index (χ3v) is 3.69. The largest absolute Gasteiger partial charge is 0.497 e. The summed E-state index contributed by atoms with van der Waals surface area (Å²) in [5, 5.41) is 0. The van der Waals surface area contributed by atoms with Crippen molar-refractivity contribution >= 4 is 0 Å².